The van der Waals surface area contributed by atoms with E-state index in [0.29, 0.717) is 5.56 Å². The Hall–Kier alpha value is -5.54. The third kappa shape index (κ3) is 6.28. The van der Waals surface area contributed by atoms with E-state index in [2.05, 4.69) is 15.9 Å². The number of carbonyl (C=O) groups excluding carboxylic acids is 4. The van der Waals surface area contributed by atoms with Crippen molar-refractivity contribution < 1.29 is 38.9 Å². The van der Waals surface area contributed by atoms with Crippen LogP contribution in [-0.4, -0.2) is 33.7 Å². The number of rotatable bonds is 9. The molecule has 0 spiro atoms. The minimum absolute atomic E-state index is 0.0498. The SMILES string of the molecule is O=C(Oc1c(O)c(O)c(C(=O)c2ccccc2)c(C(=O)OCc2cccc(Br)c2)c1C(=O)c1ccccc1)c1ccccc1. The summed E-state index contributed by atoms with van der Waals surface area (Å²) >= 11 is 3.36. The number of phenolic OH excluding ortho intramolecular Hbond substituents is 2. The van der Waals surface area contributed by atoms with Crippen LogP contribution in [0.15, 0.2) is 120 Å². The lowest BCUT2D eigenvalue weighted by Crippen LogP contribution is -2.21. The molecule has 2 N–H and O–H groups in total. The summed E-state index contributed by atoms with van der Waals surface area (Å²) in [6.07, 6.45) is 0. The van der Waals surface area contributed by atoms with Crippen LogP contribution in [-0.2, 0) is 11.3 Å². The first-order valence-corrected chi connectivity index (χ1v) is 14.1. The largest absolute Gasteiger partial charge is 0.504 e. The van der Waals surface area contributed by atoms with Crippen LogP contribution in [0.4, 0.5) is 0 Å². The molecule has 0 aliphatic heterocycles. The van der Waals surface area contributed by atoms with Gasteiger partial charge in [-0.1, -0.05) is 107 Å². The number of hydrogen-bond donors (Lipinski definition) is 2. The van der Waals surface area contributed by atoms with Crippen molar-refractivity contribution in [1.29, 1.82) is 0 Å². The number of halogens is 1. The van der Waals surface area contributed by atoms with E-state index in [1.807, 2.05) is 0 Å². The summed E-state index contributed by atoms with van der Waals surface area (Å²) in [5, 5.41) is 22.4. The van der Waals surface area contributed by atoms with Gasteiger partial charge in [-0.2, -0.15) is 0 Å². The van der Waals surface area contributed by atoms with E-state index in [1.54, 1.807) is 78.9 Å². The van der Waals surface area contributed by atoms with Crippen molar-refractivity contribution in [3.8, 4) is 17.2 Å². The topological polar surface area (TPSA) is 127 Å². The highest BCUT2D eigenvalue weighted by atomic mass is 79.9. The van der Waals surface area contributed by atoms with Crippen molar-refractivity contribution in [2.45, 2.75) is 6.61 Å². The molecular formula is C35H23BrO8. The zero-order valence-electron chi connectivity index (χ0n) is 22.9. The van der Waals surface area contributed by atoms with E-state index < -0.39 is 57.4 Å². The molecule has 0 radical (unpaired) electrons. The molecule has 0 aliphatic carbocycles. The molecule has 44 heavy (non-hydrogen) atoms. The lowest BCUT2D eigenvalue weighted by Gasteiger charge is -2.20. The fourth-order valence-electron chi connectivity index (χ4n) is 4.48. The highest BCUT2D eigenvalue weighted by Crippen LogP contribution is 2.46. The molecule has 0 atom stereocenters. The molecule has 0 aliphatic rings. The maximum absolute atomic E-state index is 14.1. The lowest BCUT2D eigenvalue weighted by molar-refractivity contribution is 0.0464. The average Bonchev–Trinajstić information content (AvgIpc) is 3.06. The van der Waals surface area contributed by atoms with Crippen LogP contribution >= 0.6 is 15.9 Å². The predicted molar refractivity (Wildman–Crippen MR) is 164 cm³/mol. The van der Waals surface area contributed by atoms with Gasteiger partial charge in [-0.05, 0) is 29.8 Å². The zero-order valence-corrected chi connectivity index (χ0v) is 24.5. The first-order chi connectivity index (χ1) is 21.3. The minimum atomic E-state index is -1.17. The molecular weight excluding hydrogens is 628 g/mol. The Morgan fingerprint density at radius 3 is 1.64 bits per heavy atom. The van der Waals surface area contributed by atoms with Gasteiger partial charge in [-0.3, -0.25) is 9.59 Å². The summed E-state index contributed by atoms with van der Waals surface area (Å²) in [6.45, 7) is -0.267. The molecule has 0 aromatic heterocycles. The molecule has 5 aromatic carbocycles. The van der Waals surface area contributed by atoms with Crippen LogP contribution in [0.5, 0.6) is 17.2 Å². The van der Waals surface area contributed by atoms with Crippen molar-refractivity contribution in [2.75, 3.05) is 0 Å². The Bertz CT molecular complexity index is 1870. The summed E-state index contributed by atoms with van der Waals surface area (Å²) in [4.78, 5) is 55.0. The number of esters is 2. The standard InChI is InChI=1S/C35H23BrO8/c36-25-18-10-11-21(19-25)20-43-35(42)26-27(29(37)22-12-4-1-5-13-22)31(39)32(40)33(44-34(41)24-16-8-3-9-17-24)28(26)30(38)23-14-6-2-7-15-23/h1-19,39-40H,20H2. The first-order valence-electron chi connectivity index (χ1n) is 13.3. The average molecular weight is 651 g/mol. The van der Waals surface area contributed by atoms with Crippen molar-refractivity contribution in [1.82, 2.24) is 0 Å². The van der Waals surface area contributed by atoms with Gasteiger partial charge in [0, 0.05) is 15.6 Å². The van der Waals surface area contributed by atoms with Gasteiger partial charge < -0.3 is 19.7 Å². The molecule has 0 amide bonds. The van der Waals surface area contributed by atoms with Crippen molar-refractivity contribution in [3.05, 3.63) is 159 Å². The maximum Gasteiger partial charge on any atom is 0.343 e. The second kappa shape index (κ2) is 13.2. The maximum atomic E-state index is 14.1. The summed E-state index contributed by atoms with van der Waals surface area (Å²) in [5.74, 6) is -6.84. The molecule has 5 rings (SSSR count). The van der Waals surface area contributed by atoms with Gasteiger partial charge in [-0.15, -0.1) is 0 Å². The molecule has 0 fully saturated rings. The van der Waals surface area contributed by atoms with Crippen LogP contribution in [0.25, 0.3) is 0 Å². The number of carbonyl (C=O) groups is 4. The van der Waals surface area contributed by atoms with E-state index in [1.165, 1.54) is 36.4 Å². The Morgan fingerprint density at radius 2 is 1.09 bits per heavy atom. The molecule has 0 bridgehead atoms. The van der Waals surface area contributed by atoms with Gasteiger partial charge in [-0.25, -0.2) is 9.59 Å². The number of phenols is 2. The number of ketones is 2. The molecule has 218 valence electrons. The van der Waals surface area contributed by atoms with Gasteiger partial charge in [0.05, 0.1) is 22.3 Å². The highest BCUT2D eigenvalue weighted by Gasteiger charge is 2.37. The van der Waals surface area contributed by atoms with Crippen LogP contribution < -0.4 is 4.74 Å². The second-order valence-electron chi connectivity index (χ2n) is 9.50. The van der Waals surface area contributed by atoms with Crippen molar-refractivity contribution in [3.63, 3.8) is 0 Å². The van der Waals surface area contributed by atoms with E-state index in [4.69, 9.17) is 9.47 Å². The van der Waals surface area contributed by atoms with Gasteiger partial charge in [0.25, 0.3) is 0 Å². The minimum Gasteiger partial charge on any atom is -0.504 e. The highest BCUT2D eigenvalue weighted by molar-refractivity contribution is 9.10. The Balaban J connectivity index is 1.75. The van der Waals surface area contributed by atoms with Crippen LogP contribution in [0.3, 0.4) is 0 Å². The summed E-state index contributed by atoms with van der Waals surface area (Å²) in [5.41, 5.74) is -1.25. The lowest BCUT2D eigenvalue weighted by atomic mass is 9.88. The third-order valence-corrected chi connectivity index (χ3v) is 7.09. The number of aromatic hydroxyl groups is 2. The first kappa shape index (κ1) is 29.9. The fourth-order valence-corrected chi connectivity index (χ4v) is 4.93. The molecule has 0 heterocycles. The Labute approximate surface area is 260 Å². The number of hydrogen-bond acceptors (Lipinski definition) is 8. The predicted octanol–water partition coefficient (Wildman–Crippen LogP) is 6.90. The molecule has 0 unspecified atom stereocenters. The Kier molecular flexibility index (Phi) is 8.97. The molecule has 5 aromatic rings. The molecule has 8 nitrogen and oxygen atoms in total. The van der Waals surface area contributed by atoms with Gasteiger partial charge >= 0.3 is 11.9 Å². The van der Waals surface area contributed by atoms with Crippen molar-refractivity contribution >= 4 is 39.4 Å². The normalized spacial score (nSPS) is 10.6. The van der Waals surface area contributed by atoms with Crippen LogP contribution in [0.1, 0.15) is 58.1 Å². The van der Waals surface area contributed by atoms with Crippen LogP contribution in [0, 0.1) is 0 Å². The third-order valence-electron chi connectivity index (χ3n) is 6.60. The summed E-state index contributed by atoms with van der Waals surface area (Å²) in [7, 11) is 0. The molecule has 0 saturated carbocycles. The quantitative estimate of drug-likeness (QED) is 0.0763. The van der Waals surface area contributed by atoms with Gasteiger partial charge in [0.1, 0.15) is 6.61 Å². The Morgan fingerprint density at radius 1 is 0.568 bits per heavy atom. The van der Waals surface area contributed by atoms with E-state index in [0.717, 1.165) is 4.47 Å². The van der Waals surface area contributed by atoms with E-state index >= 15 is 0 Å². The molecule has 9 heteroatoms. The second-order valence-corrected chi connectivity index (χ2v) is 10.4. The van der Waals surface area contributed by atoms with E-state index in [-0.39, 0.29) is 23.3 Å². The zero-order chi connectivity index (χ0) is 31.2. The summed E-state index contributed by atoms with van der Waals surface area (Å²) < 4.78 is 11.8. The van der Waals surface area contributed by atoms with Crippen LogP contribution in [0.2, 0.25) is 0 Å². The number of ether oxygens (including phenoxy) is 2. The summed E-state index contributed by atoms with van der Waals surface area (Å²) in [6, 6.07) is 30.0. The smallest absolute Gasteiger partial charge is 0.343 e. The number of benzene rings is 5. The monoisotopic (exact) mass is 650 g/mol. The molecule has 0 saturated heterocycles. The van der Waals surface area contributed by atoms with Gasteiger partial charge in [0.15, 0.2) is 23.1 Å². The van der Waals surface area contributed by atoms with Gasteiger partial charge in [0.2, 0.25) is 5.75 Å². The fraction of sp³-hybridized carbons (Fsp3) is 0.0286. The van der Waals surface area contributed by atoms with E-state index in [9.17, 15) is 29.4 Å². The van der Waals surface area contributed by atoms with Crippen molar-refractivity contribution in [2.24, 2.45) is 0 Å².